The summed E-state index contributed by atoms with van der Waals surface area (Å²) in [6.07, 6.45) is 3.61. The second kappa shape index (κ2) is 3.47. The van der Waals surface area contributed by atoms with Crippen LogP contribution in [0.1, 0.15) is 26.3 Å². The number of aromatic nitrogens is 2. The molecule has 1 aromatic heterocycles. The number of hydrogen-bond donors (Lipinski definition) is 1. The van der Waals surface area contributed by atoms with Crippen LogP contribution < -0.4 is 5.14 Å². The van der Waals surface area contributed by atoms with E-state index in [0.29, 0.717) is 0 Å². The summed E-state index contributed by atoms with van der Waals surface area (Å²) >= 11 is 0. The highest BCUT2D eigenvalue weighted by molar-refractivity contribution is 7.89. The van der Waals surface area contributed by atoms with Gasteiger partial charge < -0.3 is 0 Å². The molecule has 0 fully saturated rings. The van der Waals surface area contributed by atoms with Crippen molar-refractivity contribution in [3.05, 3.63) is 12.4 Å². The molecule has 1 aromatic rings. The van der Waals surface area contributed by atoms with E-state index in [9.17, 15) is 8.42 Å². The predicted molar refractivity (Wildman–Crippen MR) is 48.6 cm³/mol. The second-order valence-corrected chi connectivity index (χ2v) is 4.52. The lowest BCUT2D eigenvalue weighted by molar-refractivity contribution is 0.477. The lowest BCUT2D eigenvalue weighted by Gasteiger charge is -2.07. The molecule has 2 N–H and O–H groups in total. The van der Waals surface area contributed by atoms with Crippen molar-refractivity contribution in [2.45, 2.75) is 31.2 Å². The van der Waals surface area contributed by atoms with Crippen LogP contribution in [0, 0.1) is 0 Å². The van der Waals surface area contributed by atoms with E-state index in [2.05, 4.69) is 5.10 Å². The van der Waals surface area contributed by atoms with Gasteiger partial charge in [0.2, 0.25) is 10.0 Å². The highest BCUT2D eigenvalue weighted by Crippen LogP contribution is 2.11. The molecule has 0 aromatic carbocycles. The number of primary sulfonamides is 1. The third kappa shape index (κ3) is 2.28. The topological polar surface area (TPSA) is 78.0 Å². The molecule has 13 heavy (non-hydrogen) atoms. The van der Waals surface area contributed by atoms with Crippen molar-refractivity contribution in [3.8, 4) is 0 Å². The third-order valence-electron chi connectivity index (χ3n) is 1.95. The predicted octanol–water partition coefficient (Wildman–Crippen LogP) is 0.502. The summed E-state index contributed by atoms with van der Waals surface area (Å²) in [6, 6.07) is 0.190. The molecule has 74 valence electrons. The minimum absolute atomic E-state index is 0.0628. The zero-order chi connectivity index (χ0) is 10.1. The maximum atomic E-state index is 10.9. The number of rotatable bonds is 3. The smallest absolute Gasteiger partial charge is 0.241 e. The third-order valence-corrected chi connectivity index (χ3v) is 2.82. The Bertz CT molecular complexity index is 382. The first kappa shape index (κ1) is 10.2. The van der Waals surface area contributed by atoms with Crippen molar-refractivity contribution in [2.75, 3.05) is 0 Å². The van der Waals surface area contributed by atoms with Crippen molar-refractivity contribution in [1.82, 2.24) is 9.78 Å². The minimum atomic E-state index is -3.61. The van der Waals surface area contributed by atoms with Crippen LogP contribution in [0.15, 0.2) is 17.3 Å². The van der Waals surface area contributed by atoms with Crippen molar-refractivity contribution < 1.29 is 8.42 Å². The molecule has 5 nitrogen and oxygen atoms in total. The van der Waals surface area contributed by atoms with Crippen molar-refractivity contribution >= 4 is 10.0 Å². The molecule has 0 saturated heterocycles. The quantitative estimate of drug-likeness (QED) is 0.777. The van der Waals surface area contributed by atoms with E-state index in [-0.39, 0.29) is 10.9 Å². The van der Waals surface area contributed by atoms with Gasteiger partial charge in [0, 0.05) is 12.2 Å². The van der Waals surface area contributed by atoms with E-state index < -0.39 is 10.0 Å². The van der Waals surface area contributed by atoms with Crippen LogP contribution in [0.2, 0.25) is 0 Å². The first-order valence-corrected chi connectivity index (χ1v) is 5.56. The van der Waals surface area contributed by atoms with Gasteiger partial charge in [0.1, 0.15) is 4.90 Å². The molecule has 1 unspecified atom stereocenters. The number of nitrogens with zero attached hydrogens (tertiary/aromatic N) is 2. The summed E-state index contributed by atoms with van der Waals surface area (Å²) in [5.74, 6) is 0. The maximum Gasteiger partial charge on any atom is 0.241 e. The fourth-order valence-electron chi connectivity index (χ4n) is 0.896. The monoisotopic (exact) mass is 203 g/mol. The Labute approximate surface area is 77.6 Å². The molecule has 1 rings (SSSR count). The highest BCUT2D eigenvalue weighted by atomic mass is 32.2. The highest BCUT2D eigenvalue weighted by Gasteiger charge is 2.12. The van der Waals surface area contributed by atoms with Gasteiger partial charge in [-0.2, -0.15) is 5.10 Å². The Kier molecular flexibility index (Phi) is 2.72. The van der Waals surface area contributed by atoms with Crippen LogP contribution in [0.3, 0.4) is 0 Å². The average molecular weight is 203 g/mol. The van der Waals surface area contributed by atoms with Gasteiger partial charge in [-0.25, -0.2) is 13.6 Å². The molecule has 0 radical (unpaired) electrons. The zero-order valence-electron chi connectivity index (χ0n) is 7.64. The fourth-order valence-corrected chi connectivity index (χ4v) is 1.34. The van der Waals surface area contributed by atoms with E-state index in [4.69, 9.17) is 5.14 Å². The van der Waals surface area contributed by atoms with Crippen LogP contribution in [0.25, 0.3) is 0 Å². The molecular formula is C7H13N3O2S. The van der Waals surface area contributed by atoms with Crippen molar-refractivity contribution in [3.63, 3.8) is 0 Å². The van der Waals surface area contributed by atoms with Gasteiger partial charge in [-0.05, 0) is 13.3 Å². The van der Waals surface area contributed by atoms with Crippen LogP contribution in [-0.2, 0) is 10.0 Å². The van der Waals surface area contributed by atoms with Crippen LogP contribution in [0.4, 0.5) is 0 Å². The Morgan fingerprint density at radius 1 is 1.69 bits per heavy atom. The van der Waals surface area contributed by atoms with Crippen LogP contribution >= 0.6 is 0 Å². The first-order chi connectivity index (χ1) is 5.95. The molecule has 1 atom stereocenters. The second-order valence-electron chi connectivity index (χ2n) is 2.96. The van der Waals surface area contributed by atoms with Crippen molar-refractivity contribution in [2.24, 2.45) is 5.14 Å². The van der Waals surface area contributed by atoms with E-state index in [1.165, 1.54) is 12.4 Å². The number of nitrogens with two attached hydrogens (primary N) is 1. The Morgan fingerprint density at radius 2 is 2.31 bits per heavy atom. The number of hydrogen-bond acceptors (Lipinski definition) is 3. The summed E-state index contributed by atoms with van der Waals surface area (Å²) < 4.78 is 23.4. The molecule has 0 aliphatic rings. The molecule has 0 saturated carbocycles. The summed E-state index contributed by atoms with van der Waals surface area (Å²) in [5.41, 5.74) is 0. The lowest BCUT2D eigenvalue weighted by atomic mass is 10.3. The Morgan fingerprint density at radius 3 is 2.69 bits per heavy atom. The minimum Gasteiger partial charge on any atom is -0.269 e. The molecule has 6 heteroatoms. The van der Waals surface area contributed by atoms with E-state index >= 15 is 0 Å². The molecule has 0 aliphatic carbocycles. The molecule has 0 aliphatic heterocycles. The fraction of sp³-hybridized carbons (Fsp3) is 0.571. The normalized spacial score (nSPS) is 14.4. The summed E-state index contributed by atoms with van der Waals surface area (Å²) in [7, 11) is -3.61. The zero-order valence-corrected chi connectivity index (χ0v) is 8.45. The lowest BCUT2D eigenvalue weighted by Crippen LogP contribution is -2.11. The van der Waals surface area contributed by atoms with Crippen molar-refractivity contribution in [1.29, 1.82) is 0 Å². The van der Waals surface area contributed by atoms with Gasteiger partial charge in [-0.1, -0.05) is 6.92 Å². The van der Waals surface area contributed by atoms with E-state index in [1.54, 1.807) is 4.68 Å². The van der Waals surface area contributed by atoms with E-state index in [0.717, 1.165) is 6.42 Å². The first-order valence-electron chi connectivity index (χ1n) is 4.02. The summed E-state index contributed by atoms with van der Waals surface area (Å²) in [5, 5.41) is 8.84. The SMILES string of the molecule is CCC(C)n1cc(S(N)(=O)=O)cn1. The molecule has 0 amide bonds. The van der Waals surface area contributed by atoms with E-state index in [1.807, 2.05) is 13.8 Å². The average Bonchev–Trinajstić information content (AvgIpc) is 2.50. The van der Waals surface area contributed by atoms with Crippen LogP contribution in [0.5, 0.6) is 0 Å². The molecular weight excluding hydrogens is 190 g/mol. The maximum absolute atomic E-state index is 10.9. The molecule has 1 heterocycles. The van der Waals surface area contributed by atoms with Gasteiger partial charge in [0.25, 0.3) is 0 Å². The standard InChI is InChI=1S/C7H13N3O2S/c1-3-6(2)10-5-7(4-9-10)13(8,11)12/h4-6H,3H2,1-2H3,(H2,8,11,12). The molecule has 0 bridgehead atoms. The largest absolute Gasteiger partial charge is 0.269 e. The van der Waals surface area contributed by atoms with Gasteiger partial charge >= 0.3 is 0 Å². The van der Waals surface area contributed by atoms with Gasteiger partial charge in [0.05, 0.1) is 6.20 Å². The summed E-state index contributed by atoms with van der Waals surface area (Å²) in [6.45, 7) is 3.96. The summed E-state index contributed by atoms with van der Waals surface area (Å²) in [4.78, 5) is 0.0628. The van der Waals surface area contributed by atoms with Gasteiger partial charge in [-0.3, -0.25) is 4.68 Å². The van der Waals surface area contributed by atoms with Gasteiger partial charge in [-0.15, -0.1) is 0 Å². The van der Waals surface area contributed by atoms with Crippen LogP contribution in [-0.4, -0.2) is 18.2 Å². The number of sulfonamides is 1. The molecule has 0 spiro atoms. The Balaban J connectivity index is 3.00. The van der Waals surface area contributed by atoms with Gasteiger partial charge in [0.15, 0.2) is 0 Å². The Hall–Kier alpha value is -0.880.